The molecule has 20 heavy (non-hydrogen) atoms. The number of ether oxygens (including phenoxy) is 1. The van der Waals surface area contributed by atoms with Crippen molar-refractivity contribution in [3.8, 4) is 5.75 Å². The zero-order valence-electron chi connectivity index (χ0n) is 10.8. The third kappa shape index (κ3) is 4.74. The summed E-state index contributed by atoms with van der Waals surface area (Å²) in [5.74, 6) is -0.379. The van der Waals surface area contributed by atoms with Gasteiger partial charge >= 0.3 is 5.97 Å². The smallest absolute Gasteiger partial charge is 0.305 e. The molecule has 1 aromatic carbocycles. The molecule has 1 aliphatic carbocycles. The highest BCUT2D eigenvalue weighted by Crippen LogP contribution is 2.34. The largest absolute Gasteiger partial charge is 0.484 e. The Morgan fingerprint density at radius 3 is 2.55 bits per heavy atom. The molecule has 0 radical (unpaired) electrons. The number of carboxylic acid groups (broad SMARTS) is 1. The predicted octanol–water partition coefficient (Wildman–Crippen LogP) is 2.09. The number of nitrogens with one attached hydrogen (secondary N) is 1. The Balaban J connectivity index is 1.79. The van der Waals surface area contributed by atoms with Gasteiger partial charge in [0.05, 0.1) is 6.42 Å². The van der Waals surface area contributed by atoms with Crippen molar-refractivity contribution in [3.63, 3.8) is 0 Å². The molecule has 108 valence electrons. The second-order valence-corrected chi connectivity index (χ2v) is 5.29. The lowest BCUT2D eigenvalue weighted by Crippen LogP contribution is -2.40. The molecule has 0 spiro atoms. The number of carboxylic acids is 1. The van der Waals surface area contributed by atoms with Crippen molar-refractivity contribution in [1.82, 2.24) is 5.32 Å². The Labute approximate surface area is 121 Å². The van der Waals surface area contributed by atoms with E-state index < -0.39 is 5.97 Å². The first-order valence-electron chi connectivity index (χ1n) is 6.44. The molecular formula is C14H16ClNO4. The minimum absolute atomic E-state index is 0.0443. The summed E-state index contributed by atoms with van der Waals surface area (Å²) in [6, 6.07) is 6.39. The molecule has 1 aromatic rings. The van der Waals surface area contributed by atoms with Gasteiger partial charge in [-0.05, 0) is 43.0 Å². The summed E-state index contributed by atoms with van der Waals surface area (Å²) in [7, 11) is 0. The summed E-state index contributed by atoms with van der Waals surface area (Å²) in [6.45, 7) is -0.134. The van der Waals surface area contributed by atoms with E-state index in [0.29, 0.717) is 10.8 Å². The van der Waals surface area contributed by atoms with Crippen LogP contribution in [0.25, 0.3) is 0 Å². The van der Waals surface area contributed by atoms with E-state index in [9.17, 15) is 9.59 Å². The second kappa shape index (κ2) is 6.61. The molecule has 1 amide bonds. The standard InChI is InChI=1S/C14H16ClNO4/c15-10-3-5-11(6-4-10)20-8-13(17)16-12(7-14(18)19)9-1-2-9/h3-6,9,12H,1-2,7-8H2,(H,16,17)(H,18,19). The van der Waals surface area contributed by atoms with Gasteiger partial charge in [0.2, 0.25) is 0 Å². The van der Waals surface area contributed by atoms with Gasteiger partial charge in [0.25, 0.3) is 5.91 Å². The molecule has 2 rings (SSSR count). The van der Waals surface area contributed by atoms with Crippen LogP contribution in [0.3, 0.4) is 0 Å². The van der Waals surface area contributed by atoms with Crippen LogP contribution in [0.15, 0.2) is 24.3 Å². The van der Waals surface area contributed by atoms with E-state index in [4.69, 9.17) is 21.4 Å². The highest BCUT2D eigenvalue weighted by molar-refractivity contribution is 6.30. The molecule has 1 aliphatic rings. The monoisotopic (exact) mass is 297 g/mol. The highest BCUT2D eigenvalue weighted by atomic mass is 35.5. The second-order valence-electron chi connectivity index (χ2n) is 4.85. The first-order valence-corrected chi connectivity index (χ1v) is 6.82. The zero-order chi connectivity index (χ0) is 14.5. The van der Waals surface area contributed by atoms with Crippen molar-refractivity contribution >= 4 is 23.5 Å². The molecule has 2 N–H and O–H groups in total. The van der Waals surface area contributed by atoms with E-state index in [2.05, 4.69) is 5.32 Å². The average molecular weight is 298 g/mol. The molecule has 1 saturated carbocycles. The van der Waals surface area contributed by atoms with E-state index in [1.165, 1.54) is 0 Å². The first kappa shape index (κ1) is 14.7. The summed E-state index contributed by atoms with van der Waals surface area (Å²) >= 11 is 5.74. The number of hydrogen-bond donors (Lipinski definition) is 2. The maximum Gasteiger partial charge on any atom is 0.305 e. The number of halogens is 1. The van der Waals surface area contributed by atoms with Crippen LogP contribution in [0, 0.1) is 5.92 Å². The van der Waals surface area contributed by atoms with Crippen molar-refractivity contribution < 1.29 is 19.4 Å². The number of rotatable bonds is 7. The Kier molecular flexibility index (Phi) is 4.84. The highest BCUT2D eigenvalue weighted by Gasteiger charge is 2.33. The van der Waals surface area contributed by atoms with Crippen LogP contribution in [0.5, 0.6) is 5.75 Å². The summed E-state index contributed by atoms with van der Waals surface area (Å²) in [4.78, 5) is 22.5. The van der Waals surface area contributed by atoms with Gasteiger partial charge in [-0.25, -0.2) is 0 Å². The van der Waals surface area contributed by atoms with Gasteiger partial charge in [-0.1, -0.05) is 11.6 Å². The Morgan fingerprint density at radius 2 is 2.00 bits per heavy atom. The fraction of sp³-hybridized carbons (Fsp3) is 0.429. The summed E-state index contributed by atoms with van der Waals surface area (Å²) in [5.41, 5.74) is 0. The van der Waals surface area contributed by atoms with E-state index in [1.54, 1.807) is 24.3 Å². The van der Waals surface area contributed by atoms with E-state index in [0.717, 1.165) is 12.8 Å². The maximum absolute atomic E-state index is 11.8. The number of aliphatic carboxylic acids is 1. The van der Waals surface area contributed by atoms with Gasteiger partial charge in [0.1, 0.15) is 5.75 Å². The van der Waals surface area contributed by atoms with Crippen LogP contribution in [-0.4, -0.2) is 29.6 Å². The van der Waals surface area contributed by atoms with Gasteiger partial charge in [-0.15, -0.1) is 0 Å². The van der Waals surface area contributed by atoms with Crippen molar-refractivity contribution in [2.24, 2.45) is 5.92 Å². The molecule has 0 aliphatic heterocycles. The molecule has 0 heterocycles. The lowest BCUT2D eigenvalue weighted by molar-refractivity contribution is -0.138. The van der Waals surface area contributed by atoms with Crippen LogP contribution in [0.2, 0.25) is 5.02 Å². The van der Waals surface area contributed by atoms with Crippen molar-refractivity contribution in [3.05, 3.63) is 29.3 Å². The van der Waals surface area contributed by atoms with Gasteiger partial charge in [-0.3, -0.25) is 9.59 Å². The van der Waals surface area contributed by atoms with Crippen LogP contribution in [0.1, 0.15) is 19.3 Å². The normalized spacial score (nSPS) is 15.4. The molecule has 0 aromatic heterocycles. The number of hydrogen-bond acceptors (Lipinski definition) is 3. The molecule has 1 atom stereocenters. The van der Waals surface area contributed by atoms with Crippen molar-refractivity contribution in [2.45, 2.75) is 25.3 Å². The van der Waals surface area contributed by atoms with Crippen LogP contribution >= 0.6 is 11.6 Å². The maximum atomic E-state index is 11.8. The minimum atomic E-state index is -0.902. The molecular weight excluding hydrogens is 282 g/mol. The fourth-order valence-corrected chi connectivity index (χ4v) is 2.08. The quantitative estimate of drug-likeness (QED) is 0.808. The Hall–Kier alpha value is -1.75. The summed E-state index contributed by atoms with van der Waals surface area (Å²) < 4.78 is 5.31. The lowest BCUT2D eigenvalue weighted by atomic mass is 10.1. The average Bonchev–Trinajstić information content (AvgIpc) is 3.21. The van der Waals surface area contributed by atoms with Crippen molar-refractivity contribution in [1.29, 1.82) is 0 Å². The van der Waals surface area contributed by atoms with Crippen LogP contribution in [0.4, 0.5) is 0 Å². The zero-order valence-corrected chi connectivity index (χ0v) is 11.6. The summed E-state index contributed by atoms with van der Waals surface area (Å²) in [5, 5.41) is 12.1. The van der Waals surface area contributed by atoms with Gasteiger partial charge in [0.15, 0.2) is 6.61 Å². The molecule has 5 nitrogen and oxygen atoms in total. The third-order valence-electron chi connectivity index (χ3n) is 3.12. The van der Waals surface area contributed by atoms with Crippen LogP contribution < -0.4 is 10.1 Å². The first-order chi connectivity index (χ1) is 9.54. The number of carbonyl (C=O) groups excluding carboxylic acids is 1. The fourth-order valence-electron chi connectivity index (χ4n) is 1.95. The van der Waals surface area contributed by atoms with Gasteiger partial charge < -0.3 is 15.2 Å². The Bertz CT molecular complexity index is 484. The third-order valence-corrected chi connectivity index (χ3v) is 3.37. The summed E-state index contributed by atoms with van der Waals surface area (Å²) in [6.07, 6.45) is 1.89. The van der Waals surface area contributed by atoms with E-state index >= 15 is 0 Å². The topological polar surface area (TPSA) is 75.6 Å². The number of benzene rings is 1. The molecule has 0 bridgehead atoms. The number of carbonyl (C=O) groups is 2. The van der Waals surface area contributed by atoms with Gasteiger partial charge in [-0.2, -0.15) is 0 Å². The van der Waals surface area contributed by atoms with Gasteiger partial charge in [0, 0.05) is 11.1 Å². The van der Waals surface area contributed by atoms with Crippen LogP contribution in [-0.2, 0) is 9.59 Å². The van der Waals surface area contributed by atoms with E-state index in [1.807, 2.05) is 0 Å². The predicted molar refractivity (Wildman–Crippen MR) is 73.9 cm³/mol. The van der Waals surface area contributed by atoms with Crippen molar-refractivity contribution in [2.75, 3.05) is 6.61 Å². The SMILES string of the molecule is O=C(O)CC(NC(=O)COc1ccc(Cl)cc1)C1CC1. The number of amides is 1. The van der Waals surface area contributed by atoms with E-state index in [-0.39, 0.29) is 30.9 Å². The Morgan fingerprint density at radius 1 is 1.35 bits per heavy atom. The molecule has 0 saturated heterocycles. The minimum Gasteiger partial charge on any atom is -0.484 e. The lowest BCUT2D eigenvalue weighted by Gasteiger charge is -2.16. The molecule has 6 heteroatoms. The molecule has 1 unspecified atom stereocenters. The molecule has 1 fully saturated rings.